The number of fused-ring (bicyclic) bond motifs is 1. The van der Waals surface area contributed by atoms with Gasteiger partial charge in [-0.05, 0) is 20.8 Å². The molecular weight excluding hydrogens is 238 g/mol. The molecule has 3 rings (SSSR count). The van der Waals surface area contributed by atoms with Crippen molar-refractivity contribution < 1.29 is 0 Å². The monoisotopic (exact) mass is 257 g/mol. The van der Waals surface area contributed by atoms with Crippen molar-refractivity contribution in [3.8, 4) is 0 Å². The topological polar surface area (TPSA) is 57.7 Å². The summed E-state index contributed by atoms with van der Waals surface area (Å²) in [7, 11) is 0. The number of aromatic nitrogens is 4. The lowest BCUT2D eigenvalue weighted by Gasteiger charge is -2.28. The van der Waals surface area contributed by atoms with Crippen LogP contribution in [0.25, 0.3) is 0 Å². The highest BCUT2D eigenvalue weighted by Gasteiger charge is 2.19. The number of nitrogens with one attached hydrogen (secondary N) is 1. The second kappa shape index (κ2) is 4.74. The number of H-pyrrole nitrogens is 1. The van der Waals surface area contributed by atoms with Crippen molar-refractivity contribution >= 4 is 0 Å². The van der Waals surface area contributed by atoms with Gasteiger partial charge in [-0.2, -0.15) is 5.10 Å². The minimum absolute atomic E-state index is 0.869. The molecule has 0 unspecified atom stereocenters. The van der Waals surface area contributed by atoms with Crippen LogP contribution in [0.5, 0.6) is 0 Å². The summed E-state index contributed by atoms with van der Waals surface area (Å²) in [4.78, 5) is 11.3. The maximum atomic E-state index is 4.52. The second-order valence-electron chi connectivity index (χ2n) is 5.26. The van der Waals surface area contributed by atoms with Gasteiger partial charge in [-0.1, -0.05) is 0 Å². The molecule has 2 aromatic rings. The van der Waals surface area contributed by atoms with Gasteiger partial charge in [0.1, 0.15) is 5.82 Å². The Bertz CT molecular complexity index is 582. The number of aryl methyl sites for hydroxylation is 3. The van der Waals surface area contributed by atoms with Crippen molar-refractivity contribution in [1.82, 2.24) is 25.1 Å². The minimum atomic E-state index is 0.869. The third-order valence-electron chi connectivity index (χ3n) is 3.80. The molecule has 0 aliphatic carbocycles. The second-order valence-corrected chi connectivity index (χ2v) is 5.26. The molecule has 0 saturated carbocycles. The quantitative estimate of drug-likeness (QED) is 0.889. The smallest absolute Gasteiger partial charge is 0.125 e. The molecule has 0 amide bonds. The first-order valence-electron chi connectivity index (χ1n) is 6.67. The molecule has 5 nitrogen and oxygen atoms in total. The van der Waals surface area contributed by atoms with Crippen LogP contribution in [0.15, 0.2) is 6.20 Å². The Morgan fingerprint density at radius 3 is 2.89 bits per heavy atom. The molecule has 5 heteroatoms. The minimum Gasteiger partial charge on any atom is -0.294 e. The zero-order chi connectivity index (χ0) is 13.4. The normalized spacial score (nSPS) is 15.5. The van der Waals surface area contributed by atoms with Crippen LogP contribution in [0.3, 0.4) is 0 Å². The first-order chi connectivity index (χ1) is 9.13. The van der Waals surface area contributed by atoms with Crippen LogP contribution in [-0.4, -0.2) is 31.6 Å². The Labute approximate surface area is 113 Å². The maximum Gasteiger partial charge on any atom is 0.125 e. The van der Waals surface area contributed by atoms with Gasteiger partial charge in [-0.15, -0.1) is 0 Å². The number of rotatable bonds is 2. The molecule has 0 radical (unpaired) electrons. The van der Waals surface area contributed by atoms with Gasteiger partial charge in [0.15, 0.2) is 0 Å². The molecule has 0 aromatic carbocycles. The van der Waals surface area contributed by atoms with Crippen LogP contribution >= 0.6 is 0 Å². The van der Waals surface area contributed by atoms with Crippen molar-refractivity contribution in [1.29, 1.82) is 0 Å². The summed E-state index contributed by atoms with van der Waals surface area (Å²) in [6, 6.07) is 0. The summed E-state index contributed by atoms with van der Waals surface area (Å²) in [5.74, 6) is 0.869. The highest BCUT2D eigenvalue weighted by molar-refractivity contribution is 5.25. The molecule has 1 N–H and O–H groups in total. The number of nitrogens with zero attached hydrogens (tertiary/aromatic N) is 4. The van der Waals surface area contributed by atoms with Gasteiger partial charge >= 0.3 is 0 Å². The van der Waals surface area contributed by atoms with Gasteiger partial charge in [-0.25, -0.2) is 9.97 Å². The summed E-state index contributed by atoms with van der Waals surface area (Å²) in [6.45, 7) is 9.02. The molecule has 0 spiro atoms. The predicted octanol–water partition coefficient (Wildman–Crippen LogP) is 1.68. The van der Waals surface area contributed by atoms with Crippen LogP contribution in [-0.2, 0) is 19.5 Å². The standard InChI is InChI=1S/C14H19N5/c1-9-13(10(2)18-17-9)8-19-5-4-14-12(7-19)6-15-11(3)16-14/h6H,4-5,7-8H2,1-3H3,(H,17,18). The van der Waals surface area contributed by atoms with Crippen LogP contribution in [0, 0.1) is 20.8 Å². The Kier molecular flexibility index (Phi) is 3.06. The molecule has 0 atom stereocenters. The summed E-state index contributed by atoms with van der Waals surface area (Å²) in [5.41, 5.74) is 6.06. The van der Waals surface area contributed by atoms with Gasteiger partial charge < -0.3 is 0 Å². The van der Waals surface area contributed by atoms with Crippen LogP contribution in [0.2, 0.25) is 0 Å². The zero-order valence-electron chi connectivity index (χ0n) is 11.7. The van der Waals surface area contributed by atoms with E-state index in [9.17, 15) is 0 Å². The first-order valence-corrected chi connectivity index (χ1v) is 6.67. The lowest BCUT2D eigenvalue weighted by Crippen LogP contribution is -2.31. The largest absolute Gasteiger partial charge is 0.294 e. The van der Waals surface area contributed by atoms with Crippen molar-refractivity contribution in [2.24, 2.45) is 0 Å². The fourth-order valence-electron chi connectivity index (χ4n) is 2.64. The molecule has 0 fully saturated rings. The Balaban J connectivity index is 1.77. The Morgan fingerprint density at radius 1 is 1.32 bits per heavy atom. The summed E-state index contributed by atoms with van der Waals surface area (Å²) >= 11 is 0. The number of hydrogen-bond acceptors (Lipinski definition) is 4. The summed E-state index contributed by atoms with van der Waals surface area (Å²) in [5, 5.41) is 7.31. The van der Waals surface area contributed by atoms with Crippen molar-refractivity contribution in [3.05, 3.63) is 40.2 Å². The van der Waals surface area contributed by atoms with E-state index < -0.39 is 0 Å². The maximum absolute atomic E-state index is 4.52. The van der Waals surface area contributed by atoms with E-state index in [0.717, 1.165) is 37.6 Å². The average Bonchev–Trinajstić information content (AvgIpc) is 2.71. The molecule has 0 saturated heterocycles. The van der Waals surface area contributed by atoms with Crippen LogP contribution in [0.4, 0.5) is 0 Å². The SMILES string of the molecule is Cc1ncc2c(n1)CCN(Cc1c(C)n[nH]c1C)C2. The van der Waals surface area contributed by atoms with Gasteiger partial charge in [0.25, 0.3) is 0 Å². The van der Waals surface area contributed by atoms with E-state index in [-0.39, 0.29) is 0 Å². The molecule has 1 aliphatic rings. The third kappa shape index (κ3) is 2.38. The molecule has 1 aliphatic heterocycles. The van der Waals surface area contributed by atoms with Gasteiger partial charge in [0.05, 0.1) is 5.69 Å². The van der Waals surface area contributed by atoms with Crippen molar-refractivity contribution in [2.75, 3.05) is 6.54 Å². The summed E-state index contributed by atoms with van der Waals surface area (Å²) in [6.07, 6.45) is 2.98. The van der Waals surface area contributed by atoms with E-state index in [1.54, 1.807) is 0 Å². The first kappa shape index (κ1) is 12.3. The fourth-order valence-corrected chi connectivity index (χ4v) is 2.64. The van der Waals surface area contributed by atoms with E-state index in [4.69, 9.17) is 0 Å². The highest BCUT2D eigenvalue weighted by Crippen LogP contribution is 2.20. The highest BCUT2D eigenvalue weighted by atomic mass is 15.2. The Morgan fingerprint density at radius 2 is 2.16 bits per heavy atom. The van der Waals surface area contributed by atoms with E-state index in [0.29, 0.717) is 0 Å². The number of hydrogen-bond donors (Lipinski definition) is 1. The van der Waals surface area contributed by atoms with E-state index >= 15 is 0 Å². The predicted molar refractivity (Wildman–Crippen MR) is 72.6 cm³/mol. The molecule has 19 heavy (non-hydrogen) atoms. The Hall–Kier alpha value is -1.75. The molecular formula is C14H19N5. The van der Waals surface area contributed by atoms with Crippen molar-refractivity contribution in [2.45, 2.75) is 40.3 Å². The summed E-state index contributed by atoms with van der Waals surface area (Å²) < 4.78 is 0. The molecule has 3 heterocycles. The van der Waals surface area contributed by atoms with Crippen LogP contribution in [0.1, 0.15) is 34.0 Å². The lowest BCUT2D eigenvalue weighted by molar-refractivity contribution is 0.242. The number of aromatic amines is 1. The lowest BCUT2D eigenvalue weighted by atomic mass is 10.1. The van der Waals surface area contributed by atoms with Gasteiger partial charge in [0.2, 0.25) is 0 Å². The fraction of sp³-hybridized carbons (Fsp3) is 0.500. The average molecular weight is 257 g/mol. The van der Waals surface area contributed by atoms with Gasteiger partial charge in [-0.3, -0.25) is 10.00 Å². The molecule has 2 aromatic heterocycles. The van der Waals surface area contributed by atoms with Crippen LogP contribution < -0.4 is 0 Å². The zero-order valence-corrected chi connectivity index (χ0v) is 11.7. The third-order valence-corrected chi connectivity index (χ3v) is 3.80. The molecule has 100 valence electrons. The van der Waals surface area contributed by atoms with E-state index in [2.05, 4.69) is 38.9 Å². The van der Waals surface area contributed by atoms with E-state index in [1.807, 2.05) is 13.1 Å². The molecule has 0 bridgehead atoms. The van der Waals surface area contributed by atoms with E-state index in [1.165, 1.54) is 22.5 Å². The van der Waals surface area contributed by atoms with Gasteiger partial charge in [0, 0.05) is 54.8 Å². The van der Waals surface area contributed by atoms with Crippen molar-refractivity contribution in [3.63, 3.8) is 0 Å².